The maximum atomic E-state index is 6.27. The Morgan fingerprint density at radius 1 is 1.39 bits per heavy atom. The van der Waals surface area contributed by atoms with Crippen LogP contribution in [0.15, 0.2) is 30.0 Å². The number of nitrogens with two attached hydrogens (primary N) is 1. The quantitative estimate of drug-likeness (QED) is 0.895. The van der Waals surface area contributed by atoms with Gasteiger partial charge in [-0.3, -0.25) is 0 Å². The first-order valence-electron chi connectivity index (χ1n) is 6.40. The zero-order chi connectivity index (χ0) is 13.1. The smallest absolute Gasteiger partial charge is 0.0954 e. The fourth-order valence-electron chi connectivity index (χ4n) is 2.22. The van der Waals surface area contributed by atoms with E-state index in [-0.39, 0.29) is 6.04 Å². The molecule has 3 nitrogen and oxygen atoms in total. The largest absolute Gasteiger partial charge is 0.325 e. The molecule has 0 aromatic carbocycles. The van der Waals surface area contributed by atoms with Gasteiger partial charge in [0.1, 0.15) is 0 Å². The molecular formula is C14H21N3S. The lowest BCUT2D eigenvalue weighted by Gasteiger charge is -2.20. The molecule has 2 N–H and O–H groups in total. The number of nitrogens with zero attached hydrogens (tertiary/aromatic N) is 2. The normalized spacial score (nSPS) is 14.9. The van der Waals surface area contributed by atoms with Crippen LogP contribution in [0.4, 0.5) is 0 Å². The molecular weight excluding hydrogens is 242 g/mol. The Bertz CT molecular complexity index is 473. The van der Waals surface area contributed by atoms with Crippen molar-refractivity contribution in [3.63, 3.8) is 0 Å². The maximum Gasteiger partial charge on any atom is 0.0954 e. The third-order valence-corrected chi connectivity index (χ3v) is 4.22. The second kappa shape index (κ2) is 5.67. The van der Waals surface area contributed by atoms with Crippen molar-refractivity contribution >= 4 is 11.3 Å². The molecule has 98 valence electrons. The monoisotopic (exact) mass is 263 g/mol. The highest BCUT2D eigenvalue weighted by Gasteiger charge is 2.17. The molecule has 4 heteroatoms. The standard InChI is InChI=1S/C14H21N3S/c1-10(2)7-12(15)13-8-16-9-17(13)11(3)14-5-4-6-18-14/h4-6,8-12H,7,15H2,1-3H3. The summed E-state index contributed by atoms with van der Waals surface area (Å²) in [5.74, 6) is 0.598. The predicted octanol–water partition coefficient (Wildman–Crippen LogP) is 3.60. The zero-order valence-electron chi connectivity index (χ0n) is 11.2. The van der Waals surface area contributed by atoms with Gasteiger partial charge in [-0.05, 0) is 30.7 Å². The van der Waals surface area contributed by atoms with Crippen LogP contribution in [0.25, 0.3) is 0 Å². The van der Waals surface area contributed by atoms with Crippen molar-refractivity contribution in [3.8, 4) is 0 Å². The Morgan fingerprint density at radius 3 is 2.78 bits per heavy atom. The molecule has 2 heterocycles. The van der Waals surface area contributed by atoms with E-state index in [1.165, 1.54) is 4.88 Å². The molecule has 2 atom stereocenters. The van der Waals surface area contributed by atoms with Crippen LogP contribution in [0.5, 0.6) is 0 Å². The summed E-state index contributed by atoms with van der Waals surface area (Å²) in [4.78, 5) is 5.61. The molecule has 2 rings (SSSR count). The third kappa shape index (κ3) is 2.82. The summed E-state index contributed by atoms with van der Waals surface area (Å²) in [7, 11) is 0. The van der Waals surface area contributed by atoms with Gasteiger partial charge in [0.25, 0.3) is 0 Å². The average Bonchev–Trinajstić information content (AvgIpc) is 2.98. The van der Waals surface area contributed by atoms with Gasteiger partial charge in [-0.1, -0.05) is 19.9 Å². The minimum absolute atomic E-state index is 0.0647. The fourth-order valence-corrected chi connectivity index (χ4v) is 3.00. The lowest BCUT2D eigenvalue weighted by Crippen LogP contribution is -2.19. The molecule has 0 saturated heterocycles. The van der Waals surface area contributed by atoms with E-state index in [0.29, 0.717) is 12.0 Å². The van der Waals surface area contributed by atoms with E-state index in [1.807, 2.05) is 12.5 Å². The summed E-state index contributed by atoms with van der Waals surface area (Å²) in [6.07, 6.45) is 4.78. The Hall–Kier alpha value is -1.13. The molecule has 0 fully saturated rings. The molecule has 0 bridgehead atoms. The lowest BCUT2D eigenvalue weighted by atomic mass is 10.0. The summed E-state index contributed by atoms with van der Waals surface area (Å²) >= 11 is 1.77. The van der Waals surface area contributed by atoms with Gasteiger partial charge in [-0.25, -0.2) is 4.98 Å². The molecule has 0 saturated carbocycles. The van der Waals surface area contributed by atoms with E-state index in [2.05, 4.69) is 47.8 Å². The second-order valence-electron chi connectivity index (χ2n) is 5.15. The second-order valence-corrected chi connectivity index (χ2v) is 6.13. The van der Waals surface area contributed by atoms with Crippen molar-refractivity contribution < 1.29 is 0 Å². The molecule has 0 aliphatic heterocycles. The van der Waals surface area contributed by atoms with Crippen LogP contribution < -0.4 is 5.73 Å². The minimum Gasteiger partial charge on any atom is -0.325 e. The number of thiophene rings is 1. The van der Waals surface area contributed by atoms with E-state index in [4.69, 9.17) is 5.73 Å². The summed E-state index contributed by atoms with van der Waals surface area (Å²) < 4.78 is 2.19. The number of aromatic nitrogens is 2. The van der Waals surface area contributed by atoms with Gasteiger partial charge in [0.05, 0.1) is 18.1 Å². The highest BCUT2D eigenvalue weighted by Crippen LogP contribution is 2.27. The van der Waals surface area contributed by atoms with Gasteiger partial charge in [-0.2, -0.15) is 0 Å². The molecule has 2 unspecified atom stereocenters. The van der Waals surface area contributed by atoms with E-state index in [1.54, 1.807) is 11.3 Å². The van der Waals surface area contributed by atoms with Gasteiger partial charge in [0, 0.05) is 17.1 Å². The Balaban J connectivity index is 2.22. The van der Waals surface area contributed by atoms with Crippen LogP contribution in [-0.2, 0) is 0 Å². The van der Waals surface area contributed by atoms with Crippen LogP contribution in [0, 0.1) is 5.92 Å². The van der Waals surface area contributed by atoms with Crippen molar-refractivity contribution in [2.75, 3.05) is 0 Å². The van der Waals surface area contributed by atoms with Crippen LogP contribution in [-0.4, -0.2) is 9.55 Å². The van der Waals surface area contributed by atoms with Crippen molar-refractivity contribution in [2.45, 2.75) is 39.3 Å². The minimum atomic E-state index is 0.0647. The Labute approximate surface area is 113 Å². The summed E-state index contributed by atoms with van der Waals surface area (Å²) in [6, 6.07) is 4.62. The van der Waals surface area contributed by atoms with E-state index in [0.717, 1.165) is 12.1 Å². The summed E-state index contributed by atoms with van der Waals surface area (Å²) in [6.45, 7) is 6.59. The van der Waals surface area contributed by atoms with Crippen molar-refractivity contribution in [2.24, 2.45) is 11.7 Å². The Kier molecular flexibility index (Phi) is 4.19. The first-order valence-corrected chi connectivity index (χ1v) is 7.28. The molecule has 2 aromatic heterocycles. The summed E-state index contributed by atoms with van der Waals surface area (Å²) in [5, 5.41) is 2.11. The topological polar surface area (TPSA) is 43.8 Å². The fraction of sp³-hybridized carbons (Fsp3) is 0.500. The first-order chi connectivity index (χ1) is 8.59. The predicted molar refractivity (Wildman–Crippen MR) is 76.7 cm³/mol. The van der Waals surface area contributed by atoms with E-state index >= 15 is 0 Å². The van der Waals surface area contributed by atoms with Crippen LogP contribution in [0.2, 0.25) is 0 Å². The third-order valence-electron chi connectivity index (χ3n) is 3.17. The number of hydrogen-bond acceptors (Lipinski definition) is 3. The van der Waals surface area contributed by atoms with Crippen molar-refractivity contribution in [3.05, 3.63) is 40.6 Å². The average molecular weight is 263 g/mol. The molecule has 18 heavy (non-hydrogen) atoms. The van der Waals surface area contributed by atoms with Gasteiger partial charge in [0.15, 0.2) is 0 Å². The van der Waals surface area contributed by atoms with Gasteiger partial charge < -0.3 is 10.3 Å². The first kappa shape index (κ1) is 13.3. The lowest BCUT2D eigenvalue weighted by molar-refractivity contribution is 0.476. The van der Waals surface area contributed by atoms with E-state index < -0.39 is 0 Å². The van der Waals surface area contributed by atoms with Gasteiger partial charge in [-0.15, -0.1) is 11.3 Å². The molecule has 2 aromatic rings. The van der Waals surface area contributed by atoms with Crippen LogP contribution in [0.1, 0.15) is 49.8 Å². The van der Waals surface area contributed by atoms with Crippen LogP contribution in [0.3, 0.4) is 0 Å². The van der Waals surface area contributed by atoms with Gasteiger partial charge >= 0.3 is 0 Å². The highest BCUT2D eigenvalue weighted by molar-refractivity contribution is 7.10. The summed E-state index contributed by atoms with van der Waals surface area (Å²) in [5.41, 5.74) is 7.40. The molecule has 0 radical (unpaired) electrons. The number of rotatable bonds is 5. The molecule has 0 aliphatic rings. The zero-order valence-corrected chi connectivity index (χ0v) is 12.0. The van der Waals surface area contributed by atoms with E-state index in [9.17, 15) is 0 Å². The molecule has 0 aliphatic carbocycles. The SMILES string of the molecule is CC(C)CC(N)c1cncn1C(C)c1cccs1. The highest BCUT2D eigenvalue weighted by atomic mass is 32.1. The number of imidazole rings is 1. The van der Waals surface area contributed by atoms with Crippen molar-refractivity contribution in [1.29, 1.82) is 0 Å². The molecule has 0 amide bonds. The maximum absolute atomic E-state index is 6.27. The Morgan fingerprint density at radius 2 is 2.17 bits per heavy atom. The van der Waals surface area contributed by atoms with Gasteiger partial charge in [0.2, 0.25) is 0 Å². The van der Waals surface area contributed by atoms with Crippen LogP contribution >= 0.6 is 11.3 Å². The number of hydrogen-bond donors (Lipinski definition) is 1. The van der Waals surface area contributed by atoms with Crippen molar-refractivity contribution in [1.82, 2.24) is 9.55 Å². The molecule has 0 spiro atoms.